The van der Waals surface area contributed by atoms with Crippen LogP contribution in [0.3, 0.4) is 0 Å². The monoisotopic (exact) mass is 829 g/mol. The van der Waals surface area contributed by atoms with Gasteiger partial charge in [-0.1, -0.05) is 101 Å². The van der Waals surface area contributed by atoms with Gasteiger partial charge >= 0.3 is 0 Å². The summed E-state index contributed by atoms with van der Waals surface area (Å²) in [6, 6.07) is 32.0. The van der Waals surface area contributed by atoms with Crippen LogP contribution < -0.4 is 5.19 Å². The summed E-state index contributed by atoms with van der Waals surface area (Å²) in [5, 5.41) is 3.85. The molecule has 3 heterocycles. The molecule has 1 radical (unpaired) electrons. The first-order chi connectivity index (χ1) is 22.3. The molecule has 5 heteroatoms. The minimum Gasteiger partial charge on any atom is -0.501 e. The second kappa shape index (κ2) is 13.9. The predicted molar refractivity (Wildman–Crippen MR) is 201 cm³/mol. The van der Waals surface area contributed by atoms with Gasteiger partial charge in [-0.2, -0.15) is 0 Å². The maximum Gasteiger partial charge on any atom is 0.120 e. The molecule has 0 unspecified atom stereocenters. The summed E-state index contributed by atoms with van der Waals surface area (Å²) in [6.07, 6.45) is 7.73. The zero-order valence-corrected chi connectivity index (χ0v) is 33.3. The SMILES string of the molecule is CC1(C)CCCC(C)(C)C1c1ccnc(-c2[c-]cc([Si](C)(C)C)c3c2oc2ccccc23)c1.Cc1cnc(-c2[c-]cccc2)cc1C.[Ir]. The van der Waals surface area contributed by atoms with Crippen molar-refractivity contribution in [1.29, 1.82) is 0 Å². The van der Waals surface area contributed by atoms with Gasteiger partial charge in [-0.05, 0) is 78.1 Å². The standard InChI is InChI=1S/C30H36NOSi.C13H12N.Ir/c1-29(2)16-10-17-30(3,4)28(29)20-15-18-31-23(19-20)21-13-14-25(33(5,6)7)26-22-11-8-9-12-24(22)32-27(21)26;1-10-8-13(14-9-11(10)2)12-6-4-3-5-7-12;/h8-9,11-12,14-15,18-19,28H,10,16-17H2,1-7H3;3-6,8-9H,1-2H3;/q2*-1;. The molecular weight excluding hydrogens is 781 g/mol. The van der Waals surface area contributed by atoms with Gasteiger partial charge in [0.2, 0.25) is 0 Å². The van der Waals surface area contributed by atoms with Crippen LogP contribution in [0, 0.1) is 36.8 Å². The van der Waals surface area contributed by atoms with Gasteiger partial charge in [0.05, 0.1) is 5.58 Å². The molecule has 1 aliphatic carbocycles. The normalized spacial score (nSPS) is 15.9. The first-order valence-corrected chi connectivity index (χ1v) is 20.5. The Morgan fingerprint density at radius 3 is 2.19 bits per heavy atom. The zero-order valence-electron chi connectivity index (χ0n) is 29.9. The molecule has 3 aromatic heterocycles. The van der Waals surface area contributed by atoms with Gasteiger partial charge in [-0.15, -0.1) is 53.2 Å². The van der Waals surface area contributed by atoms with E-state index in [2.05, 4.69) is 127 Å². The number of benzene rings is 3. The average Bonchev–Trinajstić information content (AvgIpc) is 3.41. The van der Waals surface area contributed by atoms with E-state index in [-0.39, 0.29) is 30.9 Å². The second-order valence-corrected chi connectivity index (χ2v) is 20.8. The van der Waals surface area contributed by atoms with Crippen molar-refractivity contribution in [3.8, 4) is 22.5 Å². The maximum atomic E-state index is 6.49. The van der Waals surface area contributed by atoms with E-state index in [0.29, 0.717) is 5.92 Å². The molecule has 251 valence electrons. The van der Waals surface area contributed by atoms with Crippen LogP contribution in [0.25, 0.3) is 44.5 Å². The van der Waals surface area contributed by atoms with Crippen LogP contribution in [0.5, 0.6) is 0 Å². The second-order valence-electron chi connectivity index (χ2n) is 15.8. The number of aryl methyl sites for hydroxylation is 2. The van der Waals surface area contributed by atoms with E-state index in [0.717, 1.165) is 33.7 Å². The van der Waals surface area contributed by atoms with E-state index in [1.54, 1.807) is 0 Å². The van der Waals surface area contributed by atoms with Crippen molar-refractivity contribution in [3.05, 3.63) is 114 Å². The molecule has 1 saturated carbocycles. The molecule has 0 bridgehead atoms. The number of aromatic nitrogens is 2. The van der Waals surface area contributed by atoms with E-state index in [9.17, 15) is 0 Å². The Balaban J connectivity index is 0.000000252. The third kappa shape index (κ3) is 7.15. The Labute approximate surface area is 302 Å². The van der Waals surface area contributed by atoms with Crippen molar-refractivity contribution in [1.82, 2.24) is 9.97 Å². The first kappa shape index (κ1) is 35.9. The van der Waals surface area contributed by atoms with Crippen molar-refractivity contribution < 1.29 is 24.5 Å². The number of furan rings is 1. The fraction of sp³-hybridized carbons (Fsp3) is 0.349. The molecule has 1 fully saturated rings. The van der Waals surface area contributed by atoms with Crippen LogP contribution >= 0.6 is 0 Å². The quantitative estimate of drug-likeness (QED) is 0.131. The fourth-order valence-electron chi connectivity index (χ4n) is 7.89. The largest absolute Gasteiger partial charge is 0.501 e. The van der Waals surface area contributed by atoms with E-state index < -0.39 is 8.07 Å². The predicted octanol–water partition coefficient (Wildman–Crippen LogP) is 11.5. The van der Waals surface area contributed by atoms with Crippen LogP contribution in [0.4, 0.5) is 0 Å². The molecule has 0 aliphatic heterocycles. The number of hydrogen-bond acceptors (Lipinski definition) is 3. The van der Waals surface area contributed by atoms with Crippen LogP contribution in [0.2, 0.25) is 19.6 Å². The topological polar surface area (TPSA) is 38.9 Å². The first-order valence-electron chi connectivity index (χ1n) is 17.0. The minimum atomic E-state index is -1.59. The van der Waals surface area contributed by atoms with Crippen molar-refractivity contribution in [2.75, 3.05) is 0 Å². The number of fused-ring (bicyclic) bond motifs is 3. The fourth-order valence-corrected chi connectivity index (χ4v) is 9.39. The Hall–Kier alpha value is -3.37. The zero-order chi connectivity index (χ0) is 33.6. The van der Waals surface area contributed by atoms with Gasteiger partial charge in [0.1, 0.15) is 5.58 Å². The number of para-hydroxylation sites is 1. The molecule has 3 aromatic carbocycles. The summed E-state index contributed by atoms with van der Waals surface area (Å²) >= 11 is 0. The van der Waals surface area contributed by atoms with Gasteiger partial charge in [0.25, 0.3) is 0 Å². The summed E-state index contributed by atoms with van der Waals surface area (Å²) in [4.78, 5) is 9.21. The Kier molecular flexibility index (Phi) is 10.4. The van der Waals surface area contributed by atoms with Gasteiger partial charge in [0.15, 0.2) is 0 Å². The Morgan fingerprint density at radius 1 is 0.812 bits per heavy atom. The molecule has 0 spiro atoms. The van der Waals surface area contributed by atoms with E-state index in [4.69, 9.17) is 9.40 Å². The van der Waals surface area contributed by atoms with Gasteiger partial charge < -0.3 is 14.4 Å². The molecule has 0 N–H and O–H groups in total. The number of pyridine rings is 2. The number of nitrogens with zero attached hydrogens (tertiary/aromatic N) is 2. The van der Waals surface area contributed by atoms with Crippen LogP contribution in [-0.4, -0.2) is 18.0 Å². The molecule has 0 saturated heterocycles. The molecule has 48 heavy (non-hydrogen) atoms. The third-order valence-corrected chi connectivity index (χ3v) is 12.2. The Morgan fingerprint density at radius 2 is 1.52 bits per heavy atom. The maximum absolute atomic E-state index is 6.49. The molecule has 1 aliphatic rings. The van der Waals surface area contributed by atoms with E-state index in [1.807, 2.05) is 36.7 Å². The van der Waals surface area contributed by atoms with Crippen LogP contribution in [-0.2, 0) is 20.1 Å². The smallest absolute Gasteiger partial charge is 0.120 e. The summed E-state index contributed by atoms with van der Waals surface area (Å²) < 4.78 is 6.49. The van der Waals surface area contributed by atoms with Crippen molar-refractivity contribution >= 4 is 35.2 Å². The summed E-state index contributed by atoms with van der Waals surface area (Å²) in [5.74, 6) is 0.493. The molecule has 0 amide bonds. The van der Waals surface area contributed by atoms with E-state index >= 15 is 0 Å². The van der Waals surface area contributed by atoms with Crippen molar-refractivity contribution in [2.45, 2.75) is 86.4 Å². The van der Waals surface area contributed by atoms with Gasteiger partial charge in [-0.25, -0.2) is 0 Å². The molecule has 6 aromatic rings. The molecule has 3 nitrogen and oxygen atoms in total. The van der Waals surface area contributed by atoms with Crippen molar-refractivity contribution in [3.63, 3.8) is 0 Å². The molecule has 7 rings (SSSR count). The summed E-state index contributed by atoms with van der Waals surface area (Å²) in [5.41, 5.74) is 10.3. The van der Waals surface area contributed by atoms with Crippen molar-refractivity contribution in [2.24, 2.45) is 10.8 Å². The van der Waals surface area contributed by atoms with Gasteiger partial charge in [-0.3, -0.25) is 0 Å². The van der Waals surface area contributed by atoms with Crippen LogP contribution in [0.15, 0.2) is 89.6 Å². The Bertz CT molecular complexity index is 2020. The summed E-state index contributed by atoms with van der Waals surface area (Å²) in [7, 11) is -1.59. The molecule has 0 atom stereocenters. The van der Waals surface area contributed by atoms with Crippen LogP contribution in [0.1, 0.15) is 69.6 Å². The van der Waals surface area contributed by atoms with Gasteiger partial charge in [0, 0.05) is 46.0 Å². The van der Waals surface area contributed by atoms with E-state index in [1.165, 1.54) is 51.9 Å². The number of hydrogen-bond donors (Lipinski definition) is 0. The average molecular weight is 829 g/mol. The number of rotatable bonds is 4. The summed E-state index contributed by atoms with van der Waals surface area (Å²) in [6.45, 7) is 21.1. The molecular formula is C43H48IrN2OSi-2. The third-order valence-electron chi connectivity index (χ3n) is 10.2. The minimum absolute atomic E-state index is 0.